The Morgan fingerprint density at radius 1 is 1.30 bits per heavy atom. The quantitative estimate of drug-likeness (QED) is 0.842. The lowest BCUT2D eigenvalue weighted by Crippen LogP contribution is -2.34. The van der Waals surface area contributed by atoms with Crippen molar-refractivity contribution in [2.24, 2.45) is 5.92 Å². The maximum Gasteiger partial charge on any atom is 0.339 e. The Balaban J connectivity index is 1.61. The van der Waals surface area contributed by atoms with Gasteiger partial charge in [0, 0.05) is 26.6 Å². The van der Waals surface area contributed by atoms with Crippen molar-refractivity contribution in [1.29, 1.82) is 0 Å². The van der Waals surface area contributed by atoms with Gasteiger partial charge in [-0.05, 0) is 18.6 Å². The molecule has 1 N–H and O–H groups in total. The number of hydrogen-bond donors (Lipinski definition) is 1. The summed E-state index contributed by atoms with van der Waals surface area (Å²) in [6, 6.07) is 11.1. The second kappa shape index (κ2) is 7.65. The van der Waals surface area contributed by atoms with Gasteiger partial charge in [0.2, 0.25) is 11.8 Å². The SMILES string of the molecule is Cc1oc(CN(C)C(=O)[C@@H]2CC(=O)N(Cc3ccccc3)C2)cc1C(=O)O. The lowest BCUT2D eigenvalue weighted by molar-refractivity contribution is -0.135. The third-order valence-corrected chi connectivity index (χ3v) is 4.75. The fraction of sp³-hybridized carbons (Fsp3) is 0.350. The molecule has 1 fully saturated rings. The fourth-order valence-electron chi connectivity index (χ4n) is 3.35. The minimum atomic E-state index is -1.06. The molecule has 0 bridgehead atoms. The Morgan fingerprint density at radius 2 is 2.00 bits per heavy atom. The van der Waals surface area contributed by atoms with Gasteiger partial charge >= 0.3 is 5.97 Å². The summed E-state index contributed by atoms with van der Waals surface area (Å²) < 4.78 is 5.43. The minimum Gasteiger partial charge on any atom is -0.478 e. The lowest BCUT2D eigenvalue weighted by Gasteiger charge is -2.20. The molecule has 7 heteroatoms. The van der Waals surface area contributed by atoms with Crippen LogP contribution >= 0.6 is 0 Å². The van der Waals surface area contributed by atoms with Crippen LogP contribution in [0.25, 0.3) is 0 Å². The predicted molar refractivity (Wildman–Crippen MR) is 96.8 cm³/mol. The smallest absolute Gasteiger partial charge is 0.339 e. The highest BCUT2D eigenvalue weighted by molar-refractivity contribution is 5.90. The highest BCUT2D eigenvalue weighted by Crippen LogP contribution is 2.23. The molecule has 0 unspecified atom stereocenters. The number of likely N-dealkylation sites (tertiary alicyclic amines) is 1. The molecule has 1 atom stereocenters. The molecule has 2 heterocycles. The number of furan rings is 1. The second-order valence-corrected chi connectivity index (χ2v) is 6.84. The van der Waals surface area contributed by atoms with Gasteiger partial charge in [0.05, 0.1) is 12.5 Å². The van der Waals surface area contributed by atoms with E-state index < -0.39 is 11.9 Å². The van der Waals surface area contributed by atoms with E-state index >= 15 is 0 Å². The number of carboxylic acid groups (broad SMARTS) is 1. The van der Waals surface area contributed by atoms with Crippen molar-refractivity contribution in [1.82, 2.24) is 9.80 Å². The van der Waals surface area contributed by atoms with Crippen molar-refractivity contribution in [3.63, 3.8) is 0 Å². The number of aromatic carboxylic acids is 1. The number of amides is 2. The summed E-state index contributed by atoms with van der Waals surface area (Å²) in [6.45, 7) is 2.61. The molecule has 1 aromatic heterocycles. The summed E-state index contributed by atoms with van der Waals surface area (Å²) in [7, 11) is 1.63. The lowest BCUT2D eigenvalue weighted by atomic mass is 10.1. The van der Waals surface area contributed by atoms with Crippen molar-refractivity contribution >= 4 is 17.8 Å². The monoisotopic (exact) mass is 370 g/mol. The second-order valence-electron chi connectivity index (χ2n) is 6.84. The van der Waals surface area contributed by atoms with Crippen LogP contribution in [0, 0.1) is 12.8 Å². The number of nitrogens with zero attached hydrogens (tertiary/aromatic N) is 2. The first-order valence-corrected chi connectivity index (χ1v) is 8.74. The minimum absolute atomic E-state index is 0.0346. The Morgan fingerprint density at radius 3 is 2.63 bits per heavy atom. The van der Waals surface area contributed by atoms with E-state index in [2.05, 4.69) is 0 Å². The van der Waals surface area contributed by atoms with Crippen LogP contribution in [0.1, 0.15) is 33.9 Å². The predicted octanol–water partition coefficient (Wildman–Crippen LogP) is 2.29. The first kappa shape index (κ1) is 18.7. The summed E-state index contributed by atoms with van der Waals surface area (Å²) in [5.74, 6) is -0.928. The Hall–Kier alpha value is -3.09. The van der Waals surface area contributed by atoms with Crippen LogP contribution in [-0.4, -0.2) is 46.3 Å². The van der Waals surface area contributed by atoms with E-state index in [0.717, 1.165) is 5.56 Å². The van der Waals surface area contributed by atoms with E-state index in [4.69, 9.17) is 9.52 Å². The third-order valence-electron chi connectivity index (χ3n) is 4.75. The number of aryl methyl sites for hydroxylation is 1. The average molecular weight is 370 g/mol. The van der Waals surface area contributed by atoms with Crippen molar-refractivity contribution in [2.75, 3.05) is 13.6 Å². The molecule has 0 saturated carbocycles. The highest BCUT2D eigenvalue weighted by atomic mass is 16.4. The van der Waals surface area contributed by atoms with Gasteiger partial charge in [-0.2, -0.15) is 0 Å². The molecule has 7 nitrogen and oxygen atoms in total. The Kier molecular flexibility index (Phi) is 5.30. The number of carbonyl (C=O) groups excluding carboxylic acids is 2. The van der Waals surface area contributed by atoms with E-state index in [1.165, 1.54) is 11.0 Å². The molecule has 0 radical (unpaired) electrons. The molecule has 27 heavy (non-hydrogen) atoms. The van der Waals surface area contributed by atoms with Gasteiger partial charge in [0.25, 0.3) is 0 Å². The van der Waals surface area contributed by atoms with Crippen LogP contribution in [0.15, 0.2) is 40.8 Å². The highest BCUT2D eigenvalue weighted by Gasteiger charge is 2.35. The van der Waals surface area contributed by atoms with E-state index in [1.807, 2.05) is 30.3 Å². The van der Waals surface area contributed by atoms with Crippen molar-refractivity contribution < 1.29 is 23.9 Å². The molecular formula is C20H22N2O5. The Labute approximate surface area is 157 Å². The molecular weight excluding hydrogens is 348 g/mol. The van der Waals surface area contributed by atoms with Gasteiger partial charge < -0.3 is 19.3 Å². The van der Waals surface area contributed by atoms with Crippen molar-refractivity contribution in [2.45, 2.75) is 26.4 Å². The van der Waals surface area contributed by atoms with Crippen LogP contribution in [0.2, 0.25) is 0 Å². The molecule has 0 aliphatic carbocycles. The summed E-state index contributed by atoms with van der Waals surface area (Å²) in [6.07, 6.45) is 0.188. The van der Waals surface area contributed by atoms with Gasteiger partial charge in [0.1, 0.15) is 17.1 Å². The zero-order valence-electron chi connectivity index (χ0n) is 15.3. The molecule has 142 valence electrons. The molecule has 2 amide bonds. The zero-order valence-corrected chi connectivity index (χ0v) is 15.3. The summed E-state index contributed by atoms with van der Waals surface area (Å²) in [5.41, 5.74) is 1.12. The summed E-state index contributed by atoms with van der Waals surface area (Å²) >= 11 is 0. The fourth-order valence-corrected chi connectivity index (χ4v) is 3.35. The Bertz CT molecular complexity index is 859. The first-order chi connectivity index (χ1) is 12.8. The average Bonchev–Trinajstić information content (AvgIpc) is 3.18. The van der Waals surface area contributed by atoms with Crippen molar-refractivity contribution in [3.8, 4) is 0 Å². The number of carbonyl (C=O) groups is 3. The van der Waals surface area contributed by atoms with Crippen LogP contribution < -0.4 is 0 Å². The molecule has 2 aromatic rings. The summed E-state index contributed by atoms with van der Waals surface area (Å²) in [4.78, 5) is 39.3. The molecule has 1 saturated heterocycles. The summed E-state index contributed by atoms with van der Waals surface area (Å²) in [5, 5.41) is 9.09. The molecule has 1 aromatic carbocycles. The number of hydrogen-bond acceptors (Lipinski definition) is 4. The van der Waals surface area contributed by atoms with Crippen LogP contribution in [0.3, 0.4) is 0 Å². The normalized spacial score (nSPS) is 16.6. The standard InChI is InChI=1S/C20H22N2O5/c1-13-17(20(25)26)9-16(27-13)12-21(2)19(24)15-8-18(23)22(11-15)10-14-6-4-3-5-7-14/h3-7,9,15H,8,10-12H2,1-2H3,(H,25,26)/t15-/m1/s1. The maximum atomic E-state index is 12.7. The van der Waals surface area contributed by atoms with Crippen molar-refractivity contribution in [3.05, 3.63) is 59.0 Å². The largest absolute Gasteiger partial charge is 0.478 e. The number of benzene rings is 1. The van der Waals surface area contributed by atoms with Gasteiger partial charge in [-0.1, -0.05) is 30.3 Å². The molecule has 1 aliphatic heterocycles. The van der Waals surface area contributed by atoms with E-state index in [-0.39, 0.29) is 30.3 Å². The van der Waals surface area contributed by atoms with E-state index in [0.29, 0.717) is 24.6 Å². The first-order valence-electron chi connectivity index (χ1n) is 8.74. The third kappa shape index (κ3) is 4.19. The molecule has 0 spiro atoms. The maximum absolute atomic E-state index is 12.7. The molecule has 1 aliphatic rings. The molecule has 3 rings (SSSR count). The van der Waals surface area contributed by atoms with Gasteiger partial charge in [-0.15, -0.1) is 0 Å². The van der Waals surface area contributed by atoms with Gasteiger partial charge in [0.15, 0.2) is 0 Å². The van der Waals surface area contributed by atoms with Crippen LogP contribution in [0.5, 0.6) is 0 Å². The van der Waals surface area contributed by atoms with E-state index in [1.54, 1.807) is 18.9 Å². The van der Waals surface area contributed by atoms with Gasteiger partial charge in [-0.25, -0.2) is 4.79 Å². The van der Waals surface area contributed by atoms with E-state index in [9.17, 15) is 14.4 Å². The zero-order chi connectivity index (χ0) is 19.6. The number of carboxylic acids is 1. The number of rotatable bonds is 6. The van der Waals surface area contributed by atoms with Crippen LogP contribution in [-0.2, 0) is 22.7 Å². The van der Waals surface area contributed by atoms with Crippen LogP contribution in [0.4, 0.5) is 0 Å². The van der Waals surface area contributed by atoms with Gasteiger partial charge in [-0.3, -0.25) is 9.59 Å². The topological polar surface area (TPSA) is 91.1 Å².